The highest BCUT2D eigenvalue weighted by Crippen LogP contribution is 2.36. The molecule has 1 heterocycles. The molecule has 1 aliphatic heterocycles. The SMILES string of the molecule is CC(=O)C1=CC(c2ccc(Br)cc2)CC(O)(C(C)=O)O1. The molecule has 0 fully saturated rings. The number of ether oxygens (including phenoxy) is 1. The molecule has 1 aromatic carbocycles. The first-order chi connectivity index (χ1) is 9.32. The minimum Gasteiger partial charge on any atom is -0.452 e. The van der Waals surface area contributed by atoms with Crippen molar-refractivity contribution in [1.29, 1.82) is 0 Å². The summed E-state index contributed by atoms with van der Waals surface area (Å²) >= 11 is 3.35. The van der Waals surface area contributed by atoms with Crippen LogP contribution < -0.4 is 0 Å². The first kappa shape index (κ1) is 14.9. The van der Waals surface area contributed by atoms with Gasteiger partial charge in [-0.15, -0.1) is 0 Å². The lowest BCUT2D eigenvalue weighted by Crippen LogP contribution is -2.44. The number of aliphatic hydroxyl groups is 1. The molecule has 0 radical (unpaired) electrons. The number of carbonyl (C=O) groups excluding carboxylic acids is 2. The molecule has 0 saturated carbocycles. The van der Waals surface area contributed by atoms with E-state index in [2.05, 4.69) is 15.9 Å². The van der Waals surface area contributed by atoms with Gasteiger partial charge in [-0.2, -0.15) is 0 Å². The number of carbonyl (C=O) groups is 2. The largest absolute Gasteiger partial charge is 0.452 e. The molecule has 0 amide bonds. The number of ketones is 2. The van der Waals surface area contributed by atoms with Crippen LogP contribution in [0.5, 0.6) is 0 Å². The van der Waals surface area contributed by atoms with Gasteiger partial charge in [-0.25, -0.2) is 0 Å². The molecule has 0 aliphatic carbocycles. The van der Waals surface area contributed by atoms with E-state index >= 15 is 0 Å². The predicted octanol–water partition coefficient (Wildman–Crippen LogP) is 2.70. The Kier molecular flexibility index (Phi) is 4.11. The summed E-state index contributed by atoms with van der Waals surface area (Å²) in [6.07, 6.45) is 1.75. The number of rotatable bonds is 3. The molecular weight excluding hydrogens is 324 g/mol. The Morgan fingerprint density at radius 2 is 1.90 bits per heavy atom. The van der Waals surface area contributed by atoms with Crippen LogP contribution in [0, 0.1) is 0 Å². The van der Waals surface area contributed by atoms with Crippen molar-refractivity contribution in [3.05, 3.63) is 46.1 Å². The van der Waals surface area contributed by atoms with Gasteiger partial charge < -0.3 is 9.84 Å². The molecule has 20 heavy (non-hydrogen) atoms. The van der Waals surface area contributed by atoms with Crippen molar-refractivity contribution >= 4 is 27.5 Å². The zero-order valence-electron chi connectivity index (χ0n) is 11.2. The average molecular weight is 339 g/mol. The van der Waals surface area contributed by atoms with E-state index in [0.29, 0.717) is 0 Å². The molecule has 0 spiro atoms. The summed E-state index contributed by atoms with van der Waals surface area (Å²) in [5.41, 5.74) is 0.912. The van der Waals surface area contributed by atoms with Crippen molar-refractivity contribution in [2.24, 2.45) is 0 Å². The molecule has 2 rings (SSSR count). The third-order valence-corrected chi connectivity index (χ3v) is 3.85. The number of allylic oxidation sites excluding steroid dienone is 2. The molecule has 0 bridgehead atoms. The third kappa shape index (κ3) is 2.99. The molecule has 2 atom stereocenters. The van der Waals surface area contributed by atoms with Crippen molar-refractivity contribution in [1.82, 2.24) is 0 Å². The van der Waals surface area contributed by atoms with Crippen LogP contribution >= 0.6 is 15.9 Å². The molecule has 5 heteroatoms. The highest BCUT2D eigenvalue weighted by Gasteiger charge is 2.42. The van der Waals surface area contributed by atoms with Crippen molar-refractivity contribution < 1.29 is 19.4 Å². The summed E-state index contributed by atoms with van der Waals surface area (Å²) in [5.74, 6) is -2.97. The van der Waals surface area contributed by atoms with Gasteiger partial charge in [0.2, 0.25) is 5.78 Å². The van der Waals surface area contributed by atoms with Crippen LogP contribution in [0.4, 0.5) is 0 Å². The van der Waals surface area contributed by atoms with Crippen LogP contribution in [0.3, 0.4) is 0 Å². The minimum absolute atomic E-state index is 0.0295. The third-order valence-electron chi connectivity index (χ3n) is 3.32. The summed E-state index contributed by atoms with van der Waals surface area (Å²) in [6, 6.07) is 7.52. The number of Topliss-reactive ketones (excluding diaryl/α,β-unsaturated/α-hetero) is 2. The van der Waals surface area contributed by atoms with Gasteiger partial charge in [0.15, 0.2) is 11.5 Å². The van der Waals surface area contributed by atoms with Crippen LogP contribution in [0.1, 0.15) is 31.7 Å². The van der Waals surface area contributed by atoms with Gasteiger partial charge >= 0.3 is 0 Å². The Labute approximate surface area is 125 Å². The summed E-state index contributed by atoms with van der Waals surface area (Å²) in [5, 5.41) is 10.3. The zero-order chi connectivity index (χ0) is 14.9. The normalized spacial score (nSPS) is 25.6. The summed E-state index contributed by atoms with van der Waals surface area (Å²) in [4.78, 5) is 23.1. The van der Waals surface area contributed by atoms with Gasteiger partial charge in [0, 0.05) is 30.7 Å². The quantitative estimate of drug-likeness (QED) is 0.920. The Morgan fingerprint density at radius 3 is 2.40 bits per heavy atom. The molecule has 1 aromatic rings. The van der Waals surface area contributed by atoms with E-state index in [9.17, 15) is 14.7 Å². The van der Waals surface area contributed by atoms with Gasteiger partial charge in [-0.1, -0.05) is 28.1 Å². The van der Waals surface area contributed by atoms with E-state index in [0.717, 1.165) is 10.0 Å². The first-order valence-electron chi connectivity index (χ1n) is 6.22. The molecule has 4 nitrogen and oxygen atoms in total. The van der Waals surface area contributed by atoms with Gasteiger partial charge in [0.05, 0.1) is 0 Å². The van der Waals surface area contributed by atoms with Gasteiger partial charge in [-0.05, 0) is 23.8 Å². The van der Waals surface area contributed by atoms with Gasteiger partial charge in [0.1, 0.15) is 0 Å². The average Bonchev–Trinajstić information content (AvgIpc) is 2.38. The summed E-state index contributed by atoms with van der Waals surface area (Å²) in [7, 11) is 0. The van der Waals surface area contributed by atoms with E-state index in [-0.39, 0.29) is 23.9 Å². The van der Waals surface area contributed by atoms with Crippen molar-refractivity contribution in [3.63, 3.8) is 0 Å². The van der Waals surface area contributed by atoms with Crippen LogP contribution in [0.15, 0.2) is 40.6 Å². The molecule has 1 aliphatic rings. The number of benzene rings is 1. The number of halogens is 1. The van der Waals surface area contributed by atoms with E-state index in [1.54, 1.807) is 6.08 Å². The molecular formula is C15H15BrO4. The first-order valence-corrected chi connectivity index (χ1v) is 7.02. The van der Waals surface area contributed by atoms with E-state index < -0.39 is 11.6 Å². The Balaban J connectivity index is 2.41. The fourth-order valence-electron chi connectivity index (χ4n) is 2.13. The maximum Gasteiger partial charge on any atom is 0.268 e. The van der Waals surface area contributed by atoms with Crippen LogP contribution in [-0.2, 0) is 14.3 Å². The molecule has 2 unspecified atom stereocenters. The fourth-order valence-corrected chi connectivity index (χ4v) is 2.39. The highest BCUT2D eigenvalue weighted by molar-refractivity contribution is 9.10. The van der Waals surface area contributed by atoms with Crippen molar-refractivity contribution in [3.8, 4) is 0 Å². The van der Waals surface area contributed by atoms with E-state index in [1.165, 1.54) is 13.8 Å². The van der Waals surface area contributed by atoms with E-state index in [4.69, 9.17) is 4.74 Å². The number of hydrogen-bond acceptors (Lipinski definition) is 4. The second kappa shape index (κ2) is 5.50. The maximum absolute atomic E-state index is 11.6. The van der Waals surface area contributed by atoms with Crippen LogP contribution in [0.2, 0.25) is 0 Å². The van der Waals surface area contributed by atoms with Crippen LogP contribution in [0.25, 0.3) is 0 Å². The topological polar surface area (TPSA) is 63.6 Å². The van der Waals surface area contributed by atoms with Crippen molar-refractivity contribution in [2.75, 3.05) is 0 Å². The summed E-state index contributed by atoms with van der Waals surface area (Å²) in [6.45, 7) is 2.60. The molecule has 106 valence electrons. The Hall–Kier alpha value is -1.46. The minimum atomic E-state index is -1.94. The second-order valence-corrected chi connectivity index (χ2v) is 5.81. The summed E-state index contributed by atoms with van der Waals surface area (Å²) < 4.78 is 6.12. The van der Waals surface area contributed by atoms with Gasteiger partial charge in [-0.3, -0.25) is 9.59 Å². The molecule has 0 aromatic heterocycles. The van der Waals surface area contributed by atoms with Gasteiger partial charge in [0.25, 0.3) is 5.79 Å². The fraction of sp³-hybridized carbons (Fsp3) is 0.333. The Morgan fingerprint density at radius 1 is 1.30 bits per heavy atom. The molecule has 0 saturated heterocycles. The second-order valence-electron chi connectivity index (χ2n) is 4.89. The maximum atomic E-state index is 11.6. The lowest BCUT2D eigenvalue weighted by Gasteiger charge is -2.34. The molecule has 1 N–H and O–H groups in total. The van der Waals surface area contributed by atoms with E-state index in [1.807, 2.05) is 24.3 Å². The predicted molar refractivity (Wildman–Crippen MR) is 77.0 cm³/mol. The smallest absolute Gasteiger partial charge is 0.268 e. The van der Waals surface area contributed by atoms with Crippen LogP contribution in [-0.4, -0.2) is 22.5 Å². The Bertz CT molecular complexity index is 576. The zero-order valence-corrected chi connectivity index (χ0v) is 12.8. The lowest BCUT2D eigenvalue weighted by molar-refractivity contribution is -0.196. The standard InChI is InChI=1S/C15H15BrO4/c1-9(17)14-7-12(8-15(19,20-14)10(2)18)11-3-5-13(16)6-4-11/h3-7,12,19H,8H2,1-2H3. The monoisotopic (exact) mass is 338 g/mol. The number of hydrogen-bond donors (Lipinski definition) is 1. The lowest BCUT2D eigenvalue weighted by atomic mass is 9.87. The van der Waals surface area contributed by atoms with Crippen molar-refractivity contribution in [2.45, 2.75) is 32.0 Å². The highest BCUT2D eigenvalue weighted by atomic mass is 79.9.